The van der Waals surface area contributed by atoms with Gasteiger partial charge in [-0.25, -0.2) is 4.79 Å². The Balaban J connectivity index is 0.000000711. The summed E-state index contributed by atoms with van der Waals surface area (Å²) in [6, 6.07) is 11.6. The molecule has 0 heterocycles. The number of methoxy groups -OCH3 is 1. The Kier molecular flexibility index (Phi) is 9.10. The van der Waals surface area contributed by atoms with E-state index in [1.807, 2.05) is 42.5 Å². The molecule has 1 aromatic rings. The van der Waals surface area contributed by atoms with Crippen molar-refractivity contribution in [3.8, 4) is 6.07 Å². The maximum Gasteiger partial charge on any atom is 0.333 e. The summed E-state index contributed by atoms with van der Waals surface area (Å²) in [5, 5.41) is 7.51. The van der Waals surface area contributed by atoms with Gasteiger partial charge in [0.2, 0.25) is 0 Å². The highest BCUT2D eigenvalue weighted by Crippen LogP contribution is 2.06. The molecule has 0 amide bonds. The van der Waals surface area contributed by atoms with Gasteiger partial charge in [-0.1, -0.05) is 55.6 Å². The predicted octanol–water partition coefficient (Wildman–Crippen LogP) is 3.52. The summed E-state index contributed by atoms with van der Waals surface area (Å²) in [5.41, 5.74) is 1.57. The first-order valence-electron chi connectivity index (χ1n) is 5.64. The van der Waals surface area contributed by atoms with Crippen molar-refractivity contribution in [2.24, 2.45) is 0 Å². The van der Waals surface area contributed by atoms with Crippen LogP contribution in [0.5, 0.6) is 0 Å². The molecule has 0 radical (unpaired) electrons. The zero-order valence-electron chi connectivity index (χ0n) is 11.0. The smallest absolute Gasteiger partial charge is 0.333 e. The van der Waals surface area contributed by atoms with E-state index in [1.165, 1.54) is 13.2 Å². The van der Waals surface area contributed by atoms with Gasteiger partial charge in [-0.15, -0.1) is 0 Å². The minimum atomic E-state index is -0.354. The molecule has 0 unspecified atom stereocenters. The first kappa shape index (κ1) is 16.4. The van der Waals surface area contributed by atoms with E-state index in [-0.39, 0.29) is 5.97 Å². The third-order valence-corrected chi connectivity index (χ3v) is 2.04. The molecule has 0 saturated heterocycles. The van der Waals surface area contributed by atoms with E-state index in [0.29, 0.717) is 12.0 Å². The Morgan fingerprint density at radius 1 is 1.42 bits per heavy atom. The predicted molar refractivity (Wildman–Crippen MR) is 77.1 cm³/mol. The van der Waals surface area contributed by atoms with E-state index in [9.17, 15) is 4.79 Å². The second-order valence-electron chi connectivity index (χ2n) is 3.45. The SMILES string of the molecule is C=C(CC=Cc1ccccc1)C(=O)OC.C=CC#N. The van der Waals surface area contributed by atoms with Crippen molar-refractivity contribution in [1.82, 2.24) is 0 Å². The van der Waals surface area contributed by atoms with Crippen LogP contribution in [0.15, 0.2) is 61.2 Å². The molecule has 19 heavy (non-hydrogen) atoms. The van der Waals surface area contributed by atoms with E-state index in [1.54, 1.807) is 6.07 Å². The van der Waals surface area contributed by atoms with Crippen molar-refractivity contribution < 1.29 is 9.53 Å². The molecule has 0 aliphatic rings. The number of carbonyl (C=O) groups is 1. The Labute approximate surface area is 114 Å². The van der Waals surface area contributed by atoms with Crippen molar-refractivity contribution >= 4 is 12.0 Å². The fraction of sp³-hybridized carbons (Fsp3) is 0.125. The highest BCUT2D eigenvalue weighted by Gasteiger charge is 2.02. The first-order chi connectivity index (χ1) is 9.15. The van der Waals surface area contributed by atoms with E-state index in [2.05, 4.69) is 17.9 Å². The minimum Gasteiger partial charge on any atom is -0.466 e. The lowest BCUT2D eigenvalue weighted by Gasteiger charge is -1.98. The lowest BCUT2D eigenvalue weighted by atomic mass is 10.1. The number of rotatable bonds is 4. The van der Waals surface area contributed by atoms with Crippen LogP contribution in [0.2, 0.25) is 0 Å². The zero-order chi connectivity index (χ0) is 14.5. The molecule has 0 aliphatic heterocycles. The molecule has 1 aromatic carbocycles. The van der Waals surface area contributed by atoms with Gasteiger partial charge in [0.15, 0.2) is 0 Å². The summed E-state index contributed by atoms with van der Waals surface area (Å²) in [5.74, 6) is -0.354. The van der Waals surface area contributed by atoms with E-state index < -0.39 is 0 Å². The number of carbonyl (C=O) groups excluding carboxylic acids is 1. The van der Waals surface area contributed by atoms with Crippen molar-refractivity contribution in [3.05, 3.63) is 66.8 Å². The van der Waals surface area contributed by atoms with Gasteiger partial charge in [-0.2, -0.15) is 5.26 Å². The van der Waals surface area contributed by atoms with E-state index in [0.717, 1.165) is 5.56 Å². The van der Waals surface area contributed by atoms with Gasteiger partial charge < -0.3 is 4.74 Å². The lowest BCUT2D eigenvalue weighted by molar-refractivity contribution is -0.136. The van der Waals surface area contributed by atoms with E-state index >= 15 is 0 Å². The maximum absolute atomic E-state index is 11.0. The van der Waals surface area contributed by atoms with Crippen LogP contribution < -0.4 is 0 Å². The monoisotopic (exact) mass is 255 g/mol. The molecule has 1 rings (SSSR count). The van der Waals surface area contributed by atoms with Gasteiger partial charge in [0.25, 0.3) is 0 Å². The van der Waals surface area contributed by atoms with Gasteiger partial charge in [-0.3, -0.25) is 0 Å². The van der Waals surface area contributed by atoms with Crippen LogP contribution in [0.4, 0.5) is 0 Å². The maximum atomic E-state index is 11.0. The van der Waals surface area contributed by atoms with Crippen molar-refractivity contribution in [2.45, 2.75) is 6.42 Å². The summed E-state index contributed by atoms with van der Waals surface area (Å²) < 4.78 is 4.54. The summed E-state index contributed by atoms with van der Waals surface area (Å²) >= 11 is 0. The van der Waals surface area contributed by atoms with Crippen LogP contribution in [0, 0.1) is 11.3 Å². The quantitative estimate of drug-likeness (QED) is 0.470. The van der Waals surface area contributed by atoms with Crippen LogP contribution in [0.25, 0.3) is 6.08 Å². The Bertz CT molecular complexity index is 481. The van der Waals surface area contributed by atoms with Crippen LogP contribution in [-0.2, 0) is 9.53 Å². The summed E-state index contributed by atoms with van der Waals surface area (Å²) in [7, 11) is 1.36. The molecule has 0 N–H and O–H groups in total. The molecule has 0 bridgehead atoms. The van der Waals surface area contributed by atoms with Crippen LogP contribution in [0.1, 0.15) is 12.0 Å². The van der Waals surface area contributed by atoms with Crippen molar-refractivity contribution in [3.63, 3.8) is 0 Å². The fourth-order valence-corrected chi connectivity index (χ4v) is 1.13. The Hall–Kier alpha value is -2.60. The van der Waals surface area contributed by atoms with Gasteiger partial charge in [0.05, 0.1) is 13.2 Å². The third kappa shape index (κ3) is 8.17. The van der Waals surface area contributed by atoms with Gasteiger partial charge in [0.1, 0.15) is 0 Å². The number of esters is 1. The van der Waals surface area contributed by atoms with Gasteiger partial charge in [0, 0.05) is 11.6 Å². The molecule has 98 valence electrons. The molecule has 0 atom stereocenters. The lowest BCUT2D eigenvalue weighted by Crippen LogP contribution is -2.02. The fourth-order valence-electron chi connectivity index (χ4n) is 1.13. The highest BCUT2D eigenvalue weighted by atomic mass is 16.5. The first-order valence-corrected chi connectivity index (χ1v) is 5.64. The summed E-state index contributed by atoms with van der Waals surface area (Å²) in [6.45, 7) is 6.75. The number of hydrogen-bond acceptors (Lipinski definition) is 3. The number of hydrogen-bond donors (Lipinski definition) is 0. The highest BCUT2D eigenvalue weighted by molar-refractivity contribution is 5.88. The van der Waals surface area contributed by atoms with Crippen molar-refractivity contribution in [1.29, 1.82) is 5.26 Å². The number of nitrogens with zero attached hydrogens (tertiary/aromatic N) is 1. The largest absolute Gasteiger partial charge is 0.466 e. The third-order valence-electron chi connectivity index (χ3n) is 2.04. The second kappa shape index (κ2) is 10.5. The molecular weight excluding hydrogens is 238 g/mol. The number of allylic oxidation sites excluding steroid dienone is 2. The average molecular weight is 255 g/mol. The van der Waals surface area contributed by atoms with Crippen LogP contribution >= 0.6 is 0 Å². The molecule has 0 aliphatic carbocycles. The normalized spacial score (nSPS) is 8.84. The summed E-state index contributed by atoms with van der Waals surface area (Å²) in [6.07, 6.45) is 5.55. The molecular formula is C16H17NO2. The zero-order valence-corrected chi connectivity index (χ0v) is 11.0. The second-order valence-corrected chi connectivity index (χ2v) is 3.45. The van der Waals surface area contributed by atoms with Gasteiger partial charge in [-0.05, 0) is 12.0 Å². The topological polar surface area (TPSA) is 50.1 Å². The van der Waals surface area contributed by atoms with Gasteiger partial charge >= 0.3 is 5.97 Å². The minimum absolute atomic E-state index is 0.354. The standard InChI is InChI=1S/C13H14O2.C3H3N/c1-11(13(14)15-2)7-6-10-12-8-4-3-5-9-12;1-2-3-4/h3-6,8-10H,1,7H2,2H3;2H,1H2. The number of nitriles is 1. The molecule has 0 fully saturated rings. The van der Waals surface area contributed by atoms with Crippen molar-refractivity contribution in [2.75, 3.05) is 7.11 Å². The van der Waals surface area contributed by atoms with Crippen LogP contribution in [-0.4, -0.2) is 13.1 Å². The van der Waals surface area contributed by atoms with E-state index in [4.69, 9.17) is 5.26 Å². The Morgan fingerprint density at radius 2 is 2.00 bits per heavy atom. The van der Waals surface area contributed by atoms with Crippen LogP contribution in [0.3, 0.4) is 0 Å². The molecule has 0 aromatic heterocycles. The number of ether oxygens (including phenoxy) is 1. The molecule has 3 nitrogen and oxygen atoms in total. The Morgan fingerprint density at radius 3 is 2.47 bits per heavy atom. The summed E-state index contributed by atoms with van der Waals surface area (Å²) in [4.78, 5) is 11.0. The molecule has 0 spiro atoms. The average Bonchev–Trinajstić information content (AvgIpc) is 2.47. The number of benzene rings is 1. The molecule has 3 heteroatoms. The molecule has 0 saturated carbocycles.